The lowest BCUT2D eigenvalue weighted by Crippen LogP contribution is -2.12. The Morgan fingerprint density at radius 2 is 1.91 bits per heavy atom. The molecular formula is C18H14F2N2O. The molecule has 0 aliphatic heterocycles. The molecule has 0 N–H and O–H groups in total. The minimum Gasteiger partial charge on any atom is -0.440 e. The number of hydrogen-bond acceptors (Lipinski definition) is 3. The zero-order chi connectivity index (χ0) is 15.8. The standard InChI is InChI=1S/C18H14F2N2O/c19-13-7-12(8-14(20)10-13)11-4-5-17-16(9-11)22-18(23-17)15-3-1-2-6-21-15/h1-3,6-8,10-11H,4-5,9H2. The van der Waals surface area contributed by atoms with Crippen LogP contribution in [0.4, 0.5) is 8.78 Å². The van der Waals surface area contributed by atoms with Crippen LogP contribution in [0.1, 0.15) is 29.4 Å². The number of halogens is 2. The molecule has 1 atom stereocenters. The molecule has 4 rings (SSSR count). The Bertz CT molecular complexity index is 825. The molecule has 0 saturated heterocycles. The third kappa shape index (κ3) is 2.74. The minimum absolute atomic E-state index is 0.0504. The Hall–Kier alpha value is -2.56. The molecule has 1 aliphatic carbocycles. The molecule has 5 heteroatoms. The van der Waals surface area contributed by atoms with Crippen molar-refractivity contribution in [3.63, 3.8) is 0 Å². The van der Waals surface area contributed by atoms with Crippen LogP contribution in [-0.2, 0) is 12.8 Å². The lowest BCUT2D eigenvalue weighted by atomic mass is 9.85. The van der Waals surface area contributed by atoms with Crippen LogP contribution in [0.15, 0.2) is 47.0 Å². The van der Waals surface area contributed by atoms with Crippen molar-refractivity contribution in [1.29, 1.82) is 0 Å². The molecule has 116 valence electrons. The van der Waals surface area contributed by atoms with E-state index < -0.39 is 11.6 Å². The summed E-state index contributed by atoms with van der Waals surface area (Å²) in [5, 5.41) is 0. The Balaban J connectivity index is 1.63. The summed E-state index contributed by atoms with van der Waals surface area (Å²) in [7, 11) is 0. The maximum Gasteiger partial charge on any atom is 0.245 e. The maximum atomic E-state index is 13.4. The second-order valence-corrected chi connectivity index (χ2v) is 5.75. The van der Waals surface area contributed by atoms with Crippen LogP contribution >= 0.6 is 0 Å². The monoisotopic (exact) mass is 312 g/mol. The van der Waals surface area contributed by atoms with E-state index in [9.17, 15) is 8.78 Å². The number of aryl methyl sites for hydroxylation is 1. The van der Waals surface area contributed by atoms with Gasteiger partial charge in [-0.15, -0.1) is 0 Å². The largest absolute Gasteiger partial charge is 0.440 e. The number of fused-ring (bicyclic) bond motifs is 1. The number of rotatable bonds is 2. The van der Waals surface area contributed by atoms with Crippen LogP contribution in [0.3, 0.4) is 0 Å². The summed E-state index contributed by atoms with van der Waals surface area (Å²) >= 11 is 0. The van der Waals surface area contributed by atoms with Gasteiger partial charge in [0, 0.05) is 25.1 Å². The third-order valence-corrected chi connectivity index (χ3v) is 4.18. The van der Waals surface area contributed by atoms with Crippen molar-refractivity contribution in [2.45, 2.75) is 25.2 Å². The molecule has 2 heterocycles. The zero-order valence-corrected chi connectivity index (χ0v) is 12.3. The van der Waals surface area contributed by atoms with E-state index in [1.54, 1.807) is 6.20 Å². The highest BCUT2D eigenvalue weighted by molar-refractivity contribution is 5.47. The van der Waals surface area contributed by atoms with E-state index in [2.05, 4.69) is 9.97 Å². The number of hydrogen-bond donors (Lipinski definition) is 0. The van der Waals surface area contributed by atoms with Crippen molar-refractivity contribution in [2.75, 3.05) is 0 Å². The average molecular weight is 312 g/mol. The molecule has 0 radical (unpaired) electrons. The molecule has 23 heavy (non-hydrogen) atoms. The van der Waals surface area contributed by atoms with Crippen LogP contribution in [0.25, 0.3) is 11.6 Å². The van der Waals surface area contributed by atoms with Gasteiger partial charge in [-0.2, -0.15) is 0 Å². The van der Waals surface area contributed by atoms with E-state index in [1.165, 1.54) is 12.1 Å². The van der Waals surface area contributed by atoms with E-state index in [1.807, 2.05) is 18.2 Å². The van der Waals surface area contributed by atoms with Gasteiger partial charge in [0.1, 0.15) is 23.1 Å². The van der Waals surface area contributed by atoms with E-state index in [0.717, 1.165) is 23.9 Å². The zero-order valence-electron chi connectivity index (χ0n) is 12.3. The quantitative estimate of drug-likeness (QED) is 0.708. The minimum atomic E-state index is -0.542. The summed E-state index contributed by atoms with van der Waals surface area (Å²) < 4.78 is 32.6. The van der Waals surface area contributed by atoms with E-state index in [0.29, 0.717) is 30.0 Å². The van der Waals surface area contributed by atoms with E-state index >= 15 is 0 Å². The Morgan fingerprint density at radius 3 is 2.65 bits per heavy atom. The van der Waals surface area contributed by atoms with E-state index in [4.69, 9.17) is 4.42 Å². The number of nitrogens with zero attached hydrogens (tertiary/aromatic N) is 2. The number of aromatic nitrogens is 2. The highest BCUT2D eigenvalue weighted by Crippen LogP contribution is 2.34. The topological polar surface area (TPSA) is 38.9 Å². The molecule has 1 unspecified atom stereocenters. The van der Waals surface area contributed by atoms with Crippen LogP contribution in [-0.4, -0.2) is 9.97 Å². The fourth-order valence-electron chi connectivity index (χ4n) is 3.07. The Kier molecular flexibility index (Phi) is 3.41. The molecule has 3 aromatic rings. The fourth-order valence-corrected chi connectivity index (χ4v) is 3.07. The molecule has 0 bridgehead atoms. The smallest absolute Gasteiger partial charge is 0.245 e. The molecule has 3 nitrogen and oxygen atoms in total. The first-order chi connectivity index (χ1) is 11.2. The van der Waals surface area contributed by atoms with Gasteiger partial charge in [-0.1, -0.05) is 6.07 Å². The first-order valence-electron chi connectivity index (χ1n) is 7.55. The highest BCUT2D eigenvalue weighted by Gasteiger charge is 2.26. The fraction of sp³-hybridized carbons (Fsp3) is 0.222. The lowest BCUT2D eigenvalue weighted by Gasteiger charge is -2.20. The summed E-state index contributed by atoms with van der Waals surface area (Å²) in [5.74, 6) is 0.315. The van der Waals surface area contributed by atoms with Crippen molar-refractivity contribution in [3.05, 3.63) is 71.2 Å². The number of benzene rings is 1. The second kappa shape index (κ2) is 5.57. The number of pyridine rings is 1. The molecule has 0 amide bonds. The van der Waals surface area contributed by atoms with Crippen LogP contribution < -0.4 is 0 Å². The van der Waals surface area contributed by atoms with Crippen LogP contribution in [0.2, 0.25) is 0 Å². The molecule has 1 aromatic carbocycles. The average Bonchev–Trinajstić information content (AvgIpc) is 2.98. The summed E-state index contributed by atoms with van der Waals surface area (Å²) in [6, 6.07) is 9.26. The van der Waals surface area contributed by atoms with Gasteiger partial charge in [0.15, 0.2) is 0 Å². The van der Waals surface area contributed by atoms with Crippen LogP contribution in [0, 0.1) is 11.6 Å². The predicted octanol–water partition coefficient (Wildman–Crippen LogP) is 4.29. The normalized spacial score (nSPS) is 17.0. The maximum absolute atomic E-state index is 13.4. The first-order valence-corrected chi connectivity index (χ1v) is 7.55. The second-order valence-electron chi connectivity index (χ2n) is 5.75. The van der Waals surface area contributed by atoms with Gasteiger partial charge in [-0.3, -0.25) is 4.98 Å². The van der Waals surface area contributed by atoms with Gasteiger partial charge in [-0.05, 0) is 42.2 Å². The van der Waals surface area contributed by atoms with Gasteiger partial charge >= 0.3 is 0 Å². The Morgan fingerprint density at radius 1 is 1.09 bits per heavy atom. The predicted molar refractivity (Wildman–Crippen MR) is 80.9 cm³/mol. The van der Waals surface area contributed by atoms with Gasteiger partial charge in [0.2, 0.25) is 5.89 Å². The van der Waals surface area contributed by atoms with E-state index in [-0.39, 0.29) is 5.92 Å². The molecule has 2 aromatic heterocycles. The molecule has 0 spiro atoms. The highest BCUT2D eigenvalue weighted by atomic mass is 19.1. The summed E-state index contributed by atoms with van der Waals surface area (Å²) in [6.45, 7) is 0. The molecular weight excluding hydrogens is 298 g/mol. The summed E-state index contributed by atoms with van der Waals surface area (Å²) in [4.78, 5) is 8.76. The molecule has 0 fully saturated rings. The van der Waals surface area contributed by atoms with Gasteiger partial charge in [-0.25, -0.2) is 13.8 Å². The number of oxazole rings is 1. The van der Waals surface area contributed by atoms with Crippen molar-refractivity contribution >= 4 is 0 Å². The SMILES string of the molecule is Fc1cc(F)cc(C2CCc3oc(-c4ccccn4)nc3C2)c1. The van der Waals surface area contributed by atoms with Crippen LogP contribution in [0.5, 0.6) is 0 Å². The third-order valence-electron chi connectivity index (χ3n) is 4.18. The summed E-state index contributed by atoms with van der Waals surface area (Å²) in [6.07, 6.45) is 3.80. The first kappa shape index (κ1) is 14.1. The molecule has 1 aliphatic rings. The Labute approximate surface area is 132 Å². The van der Waals surface area contributed by atoms with Gasteiger partial charge in [0.05, 0.1) is 5.69 Å². The van der Waals surface area contributed by atoms with Gasteiger partial charge < -0.3 is 4.42 Å². The summed E-state index contributed by atoms with van der Waals surface area (Å²) in [5.41, 5.74) is 2.22. The van der Waals surface area contributed by atoms with Crippen molar-refractivity contribution in [1.82, 2.24) is 9.97 Å². The lowest BCUT2D eigenvalue weighted by molar-refractivity contribution is 0.462. The van der Waals surface area contributed by atoms with Crippen molar-refractivity contribution < 1.29 is 13.2 Å². The van der Waals surface area contributed by atoms with Gasteiger partial charge in [0.25, 0.3) is 0 Å². The van der Waals surface area contributed by atoms with Crippen molar-refractivity contribution in [3.8, 4) is 11.6 Å². The van der Waals surface area contributed by atoms with Crippen molar-refractivity contribution in [2.24, 2.45) is 0 Å². The molecule has 0 saturated carbocycles.